The molecule has 0 atom stereocenters. The Bertz CT molecular complexity index is 2590. The fourth-order valence-corrected chi connectivity index (χ4v) is 7.63. The SMILES string of the molecule is C=C/C=C(\C=C/C)C(=C/N(c1ccc(-c2ccc(N(C=C(c3ccccc3)c3ccccc3)c3ccc(C)cc3C)cc2)cc1)c1ccc(C)cc1C)/c1ccccc1. The summed E-state index contributed by atoms with van der Waals surface area (Å²) in [4.78, 5) is 4.65. The molecular weight excluding hydrogens is 713 g/mol. The molecule has 2 heteroatoms. The lowest BCUT2D eigenvalue weighted by Crippen LogP contribution is -2.12. The van der Waals surface area contributed by atoms with Crippen LogP contribution >= 0.6 is 0 Å². The zero-order chi connectivity index (χ0) is 41.1. The topological polar surface area (TPSA) is 6.48 Å². The third-order valence-electron chi connectivity index (χ3n) is 10.6. The average Bonchev–Trinajstić information content (AvgIpc) is 3.26. The molecule has 0 saturated heterocycles. The standard InChI is InChI=1S/C57H52N2/c1-7-18-48(19-8-2)54(49-20-12-9-13-21-49)40-58(56-36-26-42(3)38-44(56)5)52-32-28-46(29-33-52)47-30-34-53(35-31-47)59(57-37-27-43(4)39-45(57)6)41-55(50-22-14-10-15-23-50)51-24-16-11-17-25-51/h7-41H,1H2,2-6H3/b19-8-,48-18+,54-40-. The van der Waals surface area contributed by atoms with Crippen LogP contribution in [0.2, 0.25) is 0 Å². The molecule has 0 heterocycles. The first-order valence-corrected chi connectivity index (χ1v) is 20.3. The lowest BCUT2D eigenvalue weighted by molar-refractivity contribution is 1.23. The van der Waals surface area contributed by atoms with E-state index in [1.54, 1.807) is 0 Å². The van der Waals surface area contributed by atoms with Gasteiger partial charge in [0.05, 0.1) is 0 Å². The molecule has 0 saturated carbocycles. The van der Waals surface area contributed by atoms with Crippen LogP contribution in [0.4, 0.5) is 22.7 Å². The Morgan fingerprint density at radius 1 is 0.475 bits per heavy atom. The number of rotatable bonds is 13. The highest BCUT2D eigenvalue weighted by molar-refractivity contribution is 5.87. The quantitative estimate of drug-likeness (QED) is 0.108. The molecule has 0 aliphatic rings. The molecule has 0 N–H and O–H groups in total. The Labute approximate surface area is 351 Å². The lowest BCUT2D eigenvalue weighted by atomic mass is 9.97. The number of anilines is 4. The maximum Gasteiger partial charge on any atom is 0.0485 e. The molecule has 0 amide bonds. The van der Waals surface area contributed by atoms with E-state index in [4.69, 9.17) is 0 Å². The summed E-state index contributed by atoms with van der Waals surface area (Å²) in [6, 6.07) is 63.1. The van der Waals surface area contributed by atoms with Gasteiger partial charge in [-0.1, -0.05) is 182 Å². The van der Waals surface area contributed by atoms with Crippen molar-refractivity contribution in [3.8, 4) is 11.1 Å². The smallest absolute Gasteiger partial charge is 0.0485 e. The summed E-state index contributed by atoms with van der Waals surface area (Å²) in [6.07, 6.45) is 12.7. The minimum absolute atomic E-state index is 1.07. The predicted octanol–water partition coefficient (Wildman–Crippen LogP) is 15.7. The monoisotopic (exact) mass is 764 g/mol. The molecule has 0 aliphatic carbocycles. The van der Waals surface area contributed by atoms with E-state index in [1.807, 2.05) is 6.08 Å². The van der Waals surface area contributed by atoms with Gasteiger partial charge in [-0.2, -0.15) is 0 Å². The van der Waals surface area contributed by atoms with Gasteiger partial charge in [0, 0.05) is 46.3 Å². The van der Waals surface area contributed by atoms with Crippen LogP contribution in [0.5, 0.6) is 0 Å². The molecule has 0 fully saturated rings. The van der Waals surface area contributed by atoms with Crippen LogP contribution in [-0.2, 0) is 0 Å². The van der Waals surface area contributed by atoms with E-state index in [-0.39, 0.29) is 0 Å². The molecule has 290 valence electrons. The molecule has 7 aromatic carbocycles. The third-order valence-corrected chi connectivity index (χ3v) is 10.6. The first kappa shape index (κ1) is 40.1. The molecule has 59 heavy (non-hydrogen) atoms. The largest absolute Gasteiger partial charge is 0.316 e. The van der Waals surface area contributed by atoms with Gasteiger partial charge in [0.25, 0.3) is 0 Å². The summed E-state index contributed by atoms with van der Waals surface area (Å²) in [6.45, 7) is 14.8. The van der Waals surface area contributed by atoms with Crippen molar-refractivity contribution in [2.75, 3.05) is 9.80 Å². The van der Waals surface area contributed by atoms with Gasteiger partial charge >= 0.3 is 0 Å². The second-order valence-electron chi connectivity index (χ2n) is 15.0. The van der Waals surface area contributed by atoms with Crippen LogP contribution in [0.25, 0.3) is 22.3 Å². The van der Waals surface area contributed by atoms with Crippen molar-refractivity contribution in [3.05, 3.63) is 264 Å². The predicted molar refractivity (Wildman–Crippen MR) is 255 cm³/mol. The lowest BCUT2D eigenvalue weighted by Gasteiger charge is -2.26. The van der Waals surface area contributed by atoms with Crippen molar-refractivity contribution in [2.45, 2.75) is 34.6 Å². The first-order chi connectivity index (χ1) is 28.8. The maximum absolute atomic E-state index is 4.03. The number of allylic oxidation sites excluding steroid dienone is 6. The summed E-state index contributed by atoms with van der Waals surface area (Å²) < 4.78 is 0. The van der Waals surface area contributed by atoms with E-state index >= 15 is 0 Å². The number of aryl methyl sites for hydroxylation is 4. The van der Waals surface area contributed by atoms with Crippen molar-refractivity contribution < 1.29 is 0 Å². The third kappa shape index (κ3) is 9.52. The second-order valence-corrected chi connectivity index (χ2v) is 15.0. The van der Waals surface area contributed by atoms with Crippen molar-refractivity contribution >= 4 is 33.9 Å². The number of hydrogen-bond acceptors (Lipinski definition) is 2. The average molecular weight is 765 g/mol. The van der Waals surface area contributed by atoms with Gasteiger partial charge in [-0.25, -0.2) is 0 Å². The Morgan fingerprint density at radius 2 is 0.898 bits per heavy atom. The number of nitrogens with zero attached hydrogens (tertiary/aromatic N) is 2. The number of benzene rings is 7. The van der Waals surface area contributed by atoms with Crippen molar-refractivity contribution in [3.63, 3.8) is 0 Å². The van der Waals surface area contributed by atoms with Gasteiger partial charge < -0.3 is 9.80 Å². The molecule has 0 aliphatic heterocycles. The van der Waals surface area contributed by atoms with Crippen LogP contribution in [-0.4, -0.2) is 0 Å². The van der Waals surface area contributed by atoms with Gasteiger partial charge in [-0.3, -0.25) is 0 Å². The molecule has 7 rings (SSSR count). The van der Waals surface area contributed by atoms with E-state index in [1.165, 1.54) is 33.4 Å². The van der Waals surface area contributed by atoms with Crippen molar-refractivity contribution in [1.82, 2.24) is 0 Å². The summed E-state index contributed by atoms with van der Waals surface area (Å²) in [5, 5.41) is 0. The molecule has 2 nitrogen and oxygen atoms in total. The summed E-state index contributed by atoms with van der Waals surface area (Å²) in [5.41, 5.74) is 18.5. The molecule has 7 aromatic rings. The second kappa shape index (κ2) is 18.9. The van der Waals surface area contributed by atoms with Crippen molar-refractivity contribution in [1.29, 1.82) is 0 Å². The minimum atomic E-state index is 1.07. The van der Waals surface area contributed by atoms with Crippen LogP contribution in [0.15, 0.2) is 225 Å². The van der Waals surface area contributed by atoms with Crippen molar-refractivity contribution in [2.24, 2.45) is 0 Å². The van der Waals surface area contributed by atoms with Crippen LogP contribution in [0.1, 0.15) is 45.9 Å². The fraction of sp³-hybridized carbons (Fsp3) is 0.0877. The zero-order valence-electron chi connectivity index (χ0n) is 34.8. The maximum atomic E-state index is 4.03. The Balaban J connectivity index is 1.29. The normalized spacial score (nSPS) is 11.7. The summed E-state index contributed by atoms with van der Waals surface area (Å²) in [5.74, 6) is 0. The van der Waals surface area contributed by atoms with Gasteiger partial charge in [-0.15, -0.1) is 0 Å². The van der Waals surface area contributed by atoms with Gasteiger partial charge in [0.2, 0.25) is 0 Å². The Kier molecular flexibility index (Phi) is 12.8. The molecule has 0 bridgehead atoms. The van der Waals surface area contributed by atoms with Crippen LogP contribution in [0.3, 0.4) is 0 Å². The highest BCUT2D eigenvalue weighted by Crippen LogP contribution is 2.37. The highest BCUT2D eigenvalue weighted by Gasteiger charge is 2.17. The van der Waals surface area contributed by atoms with Gasteiger partial charge in [-0.05, 0) is 116 Å². The zero-order valence-corrected chi connectivity index (χ0v) is 34.8. The fourth-order valence-electron chi connectivity index (χ4n) is 7.63. The van der Waals surface area contributed by atoms with E-state index < -0.39 is 0 Å². The van der Waals surface area contributed by atoms with Gasteiger partial charge in [0.15, 0.2) is 0 Å². The molecule has 0 unspecified atom stereocenters. The van der Waals surface area contributed by atoms with Crippen LogP contribution < -0.4 is 9.80 Å². The van der Waals surface area contributed by atoms with E-state index in [2.05, 4.69) is 258 Å². The van der Waals surface area contributed by atoms with E-state index in [0.29, 0.717) is 0 Å². The highest BCUT2D eigenvalue weighted by atomic mass is 15.1. The molecular formula is C57H52N2. The Hall–Kier alpha value is -7.16. The molecule has 0 spiro atoms. The number of hydrogen-bond donors (Lipinski definition) is 0. The minimum Gasteiger partial charge on any atom is -0.316 e. The molecule has 0 aromatic heterocycles. The molecule has 0 radical (unpaired) electrons. The summed E-state index contributed by atoms with van der Waals surface area (Å²) >= 11 is 0. The Morgan fingerprint density at radius 3 is 1.31 bits per heavy atom. The summed E-state index contributed by atoms with van der Waals surface area (Å²) in [7, 11) is 0. The van der Waals surface area contributed by atoms with Crippen LogP contribution in [0, 0.1) is 27.7 Å². The van der Waals surface area contributed by atoms with Gasteiger partial charge in [0.1, 0.15) is 0 Å². The van der Waals surface area contributed by atoms with E-state index in [0.717, 1.165) is 56.2 Å². The van der Waals surface area contributed by atoms with E-state index in [9.17, 15) is 0 Å². The first-order valence-electron chi connectivity index (χ1n) is 20.3.